The summed E-state index contributed by atoms with van der Waals surface area (Å²) in [5.41, 5.74) is 1.29. The monoisotopic (exact) mass is 266 g/mol. The molecule has 0 aliphatic carbocycles. The van der Waals surface area contributed by atoms with Crippen LogP contribution in [0.2, 0.25) is 0 Å². The summed E-state index contributed by atoms with van der Waals surface area (Å²) in [5, 5.41) is 3.23. The van der Waals surface area contributed by atoms with Crippen LogP contribution in [0, 0.1) is 0 Å². The lowest BCUT2D eigenvalue weighted by molar-refractivity contribution is 0.244. The molecule has 1 aromatic carbocycles. The van der Waals surface area contributed by atoms with E-state index in [0.29, 0.717) is 6.04 Å². The molecule has 0 radical (unpaired) electrons. The fourth-order valence-corrected chi connectivity index (χ4v) is 2.97. The van der Waals surface area contributed by atoms with Gasteiger partial charge in [-0.05, 0) is 31.7 Å². The maximum atomic E-state index is 5.76. The first-order chi connectivity index (χ1) is 8.79. The maximum Gasteiger partial charge on any atom is 0.119 e. The molecular weight excluding hydrogens is 244 g/mol. The van der Waals surface area contributed by atoms with E-state index in [2.05, 4.69) is 41.4 Å². The number of nitrogens with zero attached hydrogens (tertiary/aromatic N) is 1. The third-order valence-electron chi connectivity index (χ3n) is 3.32. The molecule has 4 heteroatoms. The summed E-state index contributed by atoms with van der Waals surface area (Å²) in [7, 11) is 1.98. The average molecular weight is 266 g/mol. The van der Waals surface area contributed by atoms with Gasteiger partial charge in [0.25, 0.3) is 0 Å². The molecule has 1 atom stereocenters. The first-order valence-electron chi connectivity index (χ1n) is 6.49. The second-order valence-corrected chi connectivity index (χ2v) is 5.66. The third kappa shape index (κ3) is 3.90. The zero-order valence-electron chi connectivity index (χ0n) is 11.2. The van der Waals surface area contributed by atoms with E-state index in [1.54, 1.807) is 0 Å². The summed E-state index contributed by atoms with van der Waals surface area (Å²) in [5.74, 6) is 3.38. The van der Waals surface area contributed by atoms with Crippen molar-refractivity contribution >= 4 is 11.8 Å². The standard InChI is InChI=1S/C14H22N2OS/c1-12(15-2)13-3-5-14(6-4-13)17-9-7-16-8-10-18-11-16/h3-6,12,15H,7-11H2,1-2H3. The van der Waals surface area contributed by atoms with Gasteiger partial charge in [-0.1, -0.05) is 12.1 Å². The molecule has 3 nitrogen and oxygen atoms in total. The zero-order valence-corrected chi connectivity index (χ0v) is 12.0. The van der Waals surface area contributed by atoms with Crippen LogP contribution in [0.15, 0.2) is 24.3 Å². The molecule has 1 aliphatic heterocycles. The summed E-state index contributed by atoms with van der Waals surface area (Å²) in [4.78, 5) is 2.43. The van der Waals surface area contributed by atoms with Crippen LogP contribution in [0.1, 0.15) is 18.5 Å². The van der Waals surface area contributed by atoms with Crippen LogP contribution in [0.3, 0.4) is 0 Å². The van der Waals surface area contributed by atoms with Crippen molar-refractivity contribution in [1.82, 2.24) is 10.2 Å². The summed E-state index contributed by atoms with van der Waals surface area (Å²) in [6, 6.07) is 8.76. The van der Waals surface area contributed by atoms with Gasteiger partial charge >= 0.3 is 0 Å². The van der Waals surface area contributed by atoms with Crippen molar-refractivity contribution in [2.45, 2.75) is 13.0 Å². The van der Waals surface area contributed by atoms with Crippen LogP contribution in [0.25, 0.3) is 0 Å². The van der Waals surface area contributed by atoms with E-state index in [0.717, 1.165) is 24.8 Å². The smallest absolute Gasteiger partial charge is 0.119 e. The second kappa shape index (κ2) is 7.02. The van der Waals surface area contributed by atoms with Crippen LogP contribution in [0.5, 0.6) is 5.75 Å². The van der Waals surface area contributed by atoms with Gasteiger partial charge in [0, 0.05) is 30.8 Å². The number of hydrogen-bond acceptors (Lipinski definition) is 4. The van der Waals surface area contributed by atoms with E-state index in [4.69, 9.17) is 4.74 Å². The Labute approximate surface area is 114 Å². The highest BCUT2D eigenvalue weighted by Gasteiger charge is 2.11. The highest BCUT2D eigenvalue weighted by Crippen LogP contribution is 2.17. The predicted molar refractivity (Wildman–Crippen MR) is 78.3 cm³/mol. The number of benzene rings is 1. The molecule has 1 aliphatic rings. The SMILES string of the molecule is CNC(C)c1ccc(OCCN2CCSC2)cc1. The molecule has 0 spiro atoms. The topological polar surface area (TPSA) is 24.5 Å². The Morgan fingerprint density at radius 3 is 2.78 bits per heavy atom. The fraction of sp³-hybridized carbons (Fsp3) is 0.571. The van der Waals surface area contributed by atoms with Crippen molar-refractivity contribution in [2.24, 2.45) is 0 Å². The van der Waals surface area contributed by atoms with Gasteiger partial charge in [0.05, 0.1) is 0 Å². The van der Waals surface area contributed by atoms with Gasteiger partial charge in [0.2, 0.25) is 0 Å². The highest BCUT2D eigenvalue weighted by molar-refractivity contribution is 7.99. The minimum absolute atomic E-state index is 0.390. The summed E-state index contributed by atoms with van der Waals surface area (Å²) >= 11 is 2.00. The fourth-order valence-electron chi connectivity index (χ4n) is 1.94. The van der Waals surface area contributed by atoms with E-state index in [-0.39, 0.29) is 0 Å². The Kier molecular flexibility index (Phi) is 5.35. The average Bonchev–Trinajstić information content (AvgIpc) is 2.92. The van der Waals surface area contributed by atoms with Gasteiger partial charge in [-0.3, -0.25) is 4.90 Å². The molecule has 1 fully saturated rings. The van der Waals surface area contributed by atoms with Gasteiger partial charge in [-0.2, -0.15) is 0 Å². The van der Waals surface area contributed by atoms with Crippen LogP contribution in [-0.4, -0.2) is 43.3 Å². The van der Waals surface area contributed by atoms with Crippen LogP contribution in [-0.2, 0) is 0 Å². The Hall–Kier alpha value is -0.710. The lowest BCUT2D eigenvalue weighted by Gasteiger charge is -2.15. The van der Waals surface area contributed by atoms with Crippen molar-refractivity contribution in [3.8, 4) is 5.75 Å². The molecule has 18 heavy (non-hydrogen) atoms. The Bertz CT molecular complexity index is 349. The molecule has 2 rings (SSSR count). The van der Waals surface area contributed by atoms with Crippen LogP contribution >= 0.6 is 11.8 Å². The van der Waals surface area contributed by atoms with Crippen LogP contribution in [0.4, 0.5) is 0 Å². The van der Waals surface area contributed by atoms with Gasteiger partial charge in [-0.15, -0.1) is 11.8 Å². The van der Waals surface area contributed by atoms with Crippen molar-refractivity contribution in [1.29, 1.82) is 0 Å². The highest BCUT2D eigenvalue weighted by atomic mass is 32.2. The summed E-state index contributed by atoms with van der Waals surface area (Å²) in [6.45, 7) is 5.16. The predicted octanol–water partition coefficient (Wildman–Crippen LogP) is 2.35. The van der Waals surface area contributed by atoms with Crippen molar-refractivity contribution < 1.29 is 4.74 Å². The van der Waals surface area contributed by atoms with E-state index in [1.165, 1.54) is 17.9 Å². The minimum atomic E-state index is 0.390. The Morgan fingerprint density at radius 2 is 2.17 bits per heavy atom. The molecule has 0 saturated carbocycles. The quantitative estimate of drug-likeness (QED) is 0.854. The molecule has 1 aromatic rings. The van der Waals surface area contributed by atoms with Gasteiger partial charge in [-0.25, -0.2) is 0 Å². The summed E-state index contributed by atoms with van der Waals surface area (Å²) in [6.07, 6.45) is 0. The van der Waals surface area contributed by atoms with E-state index < -0.39 is 0 Å². The van der Waals surface area contributed by atoms with Crippen molar-refractivity contribution in [3.05, 3.63) is 29.8 Å². The normalized spacial score (nSPS) is 17.9. The molecule has 0 bridgehead atoms. The van der Waals surface area contributed by atoms with E-state index in [1.807, 2.05) is 18.8 Å². The lowest BCUT2D eigenvalue weighted by atomic mass is 10.1. The maximum absolute atomic E-state index is 5.76. The first kappa shape index (κ1) is 13.7. The summed E-state index contributed by atoms with van der Waals surface area (Å²) < 4.78 is 5.76. The molecule has 0 aromatic heterocycles. The van der Waals surface area contributed by atoms with Gasteiger partial charge in [0.1, 0.15) is 12.4 Å². The second-order valence-electron chi connectivity index (χ2n) is 4.58. The molecule has 1 unspecified atom stereocenters. The molecule has 1 saturated heterocycles. The number of thioether (sulfide) groups is 1. The molecule has 1 heterocycles. The molecule has 100 valence electrons. The van der Waals surface area contributed by atoms with Crippen molar-refractivity contribution in [2.75, 3.05) is 38.4 Å². The van der Waals surface area contributed by atoms with Crippen molar-refractivity contribution in [3.63, 3.8) is 0 Å². The minimum Gasteiger partial charge on any atom is -0.492 e. The Morgan fingerprint density at radius 1 is 1.39 bits per heavy atom. The molecular formula is C14H22N2OS. The number of hydrogen-bond donors (Lipinski definition) is 1. The van der Waals surface area contributed by atoms with E-state index >= 15 is 0 Å². The largest absolute Gasteiger partial charge is 0.492 e. The number of nitrogens with one attached hydrogen (secondary N) is 1. The van der Waals surface area contributed by atoms with Gasteiger partial charge < -0.3 is 10.1 Å². The number of rotatable bonds is 6. The lowest BCUT2D eigenvalue weighted by Crippen LogP contribution is -2.25. The van der Waals surface area contributed by atoms with Gasteiger partial charge in [0.15, 0.2) is 0 Å². The zero-order chi connectivity index (χ0) is 12.8. The molecule has 0 amide bonds. The third-order valence-corrected chi connectivity index (χ3v) is 4.33. The van der Waals surface area contributed by atoms with E-state index in [9.17, 15) is 0 Å². The van der Waals surface area contributed by atoms with Crippen LogP contribution < -0.4 is 10.1 Å². The Balaban J connectivity index is 1.75. The number of ether oxygens (including phenoxy) is 1. The first-order valence-corrected chi connectivity index (χ1v) is 7.65. The molecule has 1 N–H and O–H groups in total.